The second kappa shape index (κ2) is 6.19. The van der Waals surface area contributed by atoms with Crippen molar-refractivity contribution < 1.29 is 0 Å². The number of nitrogens with zero attached hydrogens (tertiary/aromatic N) is 2. The largest absolute Gasteiger partial charge is 0.357 e. The number of anilines is 1. The zero-order valence-electron chi connectivity index (χ0n) is 11.9. The molecule has 1 N–H and O–H groups in total. The SMILES string of the molecule is CCN(CC1CCC1)c1cc(CNC)cc(C)n1. The molecule has 0 amide bonds. The van der Waals surface area contributed by atoms with E-state index >= 15 is 0 Å². The molecular weight excluding hydrogens is 222 g/mol. The molecule has 3 nitrogen and oxygen atoms in total. The van der Waals surface area contributed by atoms with Gasteiger partial charge in [0, 0.05) is 25.3 Å². The summed E-state index contributed by atoms with van der Waals surface area (Å²) in [6, 6.07) is 4.39. The lowest BCUT2D eigenvalue weighted by Crippen LogP contribution is -2.33. The minimum Gasteiger partial charge on any atom is -0.357 e. The number of hydrogen-bond donors (Lipinski definition) is 1. The molecule has 18 heavy (non-hydrogen) atoms. The summed E-state index contributed by atoms with van der Waals surface area (Å²) in [6.07, 6.45) is 4.20. The summed E-state index contributed by atoms with van der Waals surface area (Å²) < 4.78 is 0. The Hall–Kier alpha value is -1.09. The van der Waals surface area contributed by atoms with Crippen LogP contribution in [0.4, 0.5) is 5.82 Å². The standard InChI is InChI=1S/C15H25N3/c1-4-18(11-13-6-5-7-13)15-9-14(10-16-3)8-12(2)17-15/h8-9,13,16H,4-7,10-11H2,1-3H3. The van der Waals surface area contributed by atoms with Crippen LogP contribution >= 0.6 is 0 Å². The summed E-state index contributed by atoms with van der Waals surface area (Å²) in [6.45, 7) is 7.44. The molecule has 0 spiro atoms. The van der Waals surface area contributed by atoms with E-state index in [4.69, 9.17) is 4.98 Å². The van der Waals surface area contributed by atoms with Gasteiger partial charge in [0.25, 0.3) is 0 Å². The molecule has 0 aromatic carbocycles. The topological polar surface area (TPSA) is 28.2 Å². The van der Waals surface area contributed by atoms with E-state index in [0.717, 1.165) is 30.5 Å². The van der Waals surface area contributed by atoms with Gasteiger partial charge in [-0.25, -0.2) is 4.98 Å². The lowest BCUT2D eigenvalue weighted by Gasteiger charge is -2.32. The molecule has 1 aliphatic rings. The molecule has 3 heteroatoms. The molecule has 0 bridgehead atoms. The van der Waals surface area contributed by atoms with Gasteiger partial charge in [-0.15, -0.1) is 0 Å². The molecule has 1 saturated carbocycles. The molecular formula is C15H25N3. The lowest BCUT2D eigenvalue weighted by atomic mass is 9.85. The Bertz CT molecular complexity index is 385. The van der Waals surface area contributed by atoms with Crippen LogP contribution in [0.3, 0.4) is 0 Å². The fourth-order valence-electron chi connectivity index (χ4n) is 2.56. The molecule has 1 heterocycles. The average molecular weight is 247 g/mol. The third-order valence-corrected chi connectivity index (χ3v) is 3.79. The molecule has 0 unspecified atom stereocenters. The molecule has 0 atom stereocenters. The fourth-order valence-corrected chi connectivity index (χ4v) is 2.56. The Morgan fingerprint density at radius 1 is 1.39 bits per heavy atom. The first-order valence-electron chi connectivity index (χ1n) is 7.10. The van der Waals surface area contributed by atoms with Gasteiger partial charge in [-0.1, -0.05) is 6.42 Å². The maximum absolute atomic E-state index is 4.70. The van der Waals surface area contributed by atoms with Crippen molar-refractivity contribution in [2.45, 2.75) is 39.7 Å². The number of nitrogens with one attached hydrogen (secondary N) is 1. The molecule has 0 aliphatic heterocycles. The average Bonchev–Trinajstić information content (AvgIpc) is 2.27. The monoisotopic (exact) mass is 247 g/mol. The van der Waals surface area contributed by atoms with Gasteiger partial charge >= 0.3 is 0 Å². The summed E-state index contributed by atoms with van der Waals surface area (Å²) in [7, 11) is 1.99. The second-order valence-electron chi connectivity index (χ2n) is 5.34. The van der Waals surface area contributed by atoms with Crippen LogP contribution in [0.25, 0.3) is 0 Å². The van der Waals surface area contributed by atoms with Gasteiger partial charge < -0.3 is 10.2 Å². The maximum Gasteiger partial charge on any atom is 0.129 e. The predicted molar refractivity (Wildman–Crippen MR) is 77.0 cm³/mol. The molecule has 0 radical (unpaired) electrons. The third-order valence-electron chi connectivity index (χ3n) is 3.79. The maximum atomic E-state index is 4.70. The first-order chi connectivity index (χ1) is 8.72. The van der Waals surface area contributed by atoms with Crippen molar-refractivity contribution in [2.75, 3.05) is 25.0 Å². The normalized spacial score (nSPS) is 15.5. The van der Waals surface area contributed by atoms with Crippen LogP contribution < -0.4 is 10.2 Å². The zero-order valence-corrected chi connectivity index (χ0v) is 11.9. The van der Waals surface area contributed by atoms with Crippen molar-refractivity contribution in [3.05, 3.63) is 23.4 Å². The van der Waals surface area contributed by atoms with Crippen molar-refractivity contribution in [3.63, 3.8) is 0 Å². The smallest absolute Gasteiger partial charge is 0.129 e. The van der Waals surface area contributed by atoms with E-state index in [9.17, 15) is 0 Å². The van der Waals surface area contributed by atoms with Crippen molar-refractivity contribution in [3.8, 4) is 0 Å². The van der Waals surface area contributed by atoms with Crippen LogP contribution in [-0.4, -0.2) is 25.1 Å². The highest BCUT2D eigenvalue weighted by atomic mass is 15.2. The Kier molecular flexibility index (Phi) is 4.59. The predicted octanol–water partition coefficient (Wildman–Crippen LogP) is 2.74. The number of aryl methyl sites for hydroxylation is 1. The lowest BCUT2D eigenvalue weighted by molar-refractivity contribution is 0.318. The molecule has 1 aromatic rings. The van der Waals surface area contributed by atoms with Gasteiger partial charge in [-0.05, 0) is 57.4 Å². The van der Waals surface area contributed by atoms with Gasteiger partial charge in [-0.2, -0.15) is 0 Å². The highest BCUT2D eigenvalue weighted by Gasteiger charge is 2.21. The van der Waals surface area contributed by atoms with Crippen molar-refractivity contribution >= 4 is 5.82 Å². The number of hydrogen-bond acceptors (Lipinski definition) is 3. The molecule has 1 aliphatic carbocycles. The Balaban J connectivity index is 2.12. The van der Waals surface area contributed by atoms with Crippen LogP contribution in [0, 0.1) is 12.8 Å². The van der Waals surface area contributed by atoms with E-state index in [1.54, 1.807) is 0 Å². The first kappa shape index (κ1) is 13.3. The van der Waals surface area contributed by atoms with Gasteiger partial charge in [0.15, 0.2) is 0 Å². The van der Waals surface area contributed by atoms with Crippen molar-refractivity contribution in [2.24, 2.45) is 5.92 Å². The zero-order chi connectivity index (χ0) is 13.0. The number of aromatic nitrogens is 1. The van der Waals surface area contributed by atoms with Crippen LogP contribution in [0.1, 0.15) is 37.4 Å². The van der Waals surface area contributed by atoms with E-state index in [1.165, 1.54) is 31.4 Å². The highest BCUT2D eigenvalue weighted by molar-refractivity contribution is 5.42. The quantitative estimate of drug-likeness (QED) is 0.838. The molecule has 1 aromatic heterocycles. The van der Waals surface area contributed by atoms with E-state index in [1.807, 2.05) is 7.05 Å². The minimum absolute atomic E-state index is 0.889. The summed E-state index contributed by atoms with van der Waals surface area (Å²) in [5.74, 6) is 2.04. The van der Waals surface area contributed by atoms with E-state index < -0.39 is 0 Å². The van der Waals surface area contributed by atoms with Crippen molar-refractivity contribution in [1.82, 2.24) is 10.3 Å². The Morgan fingerprint density at radius 3 is 2.72 bits per heavy atom. The van der Waals surface area contributed by atoms with Gasteiger partial charge in [-0.3, -0.25) is 0 Å². The molecule has 1 fully saturated rings. The molecule has 100 valence electrons. The van der Waals surface area contributed by atoms with Crippen LogP contribution in [-0.2, 0) is 6.54 Å². The molecule has 2 rings (SSSR count). The Morgan fingerprint density at radius 2 is 2.17 bits per heavy atom. The molecule has 0 saturated heterocycles. The summed E-state index contributed by atoms with van der Waals surface area (Å²) >= 11 is 0. The number of rotatable bonds is 6. The summed E-state index contributed by atoms with van der Waals surface area (Å²) in [4.78, 5) is 7.12. The van der Waals surface area contributed by atoms with Crippen LogP contribution in [0.5, 0.6) is 0 Å². The summed E-state index contributed by atoms with van der Waals surface area (Å²) in [5.41, 5.74) is 2.44. The van der Waals surface area contributed by atoms with Gasteiger partial charge in [0.1, 0.15) is 5.82 Å². The van der Waals surface area contributed by atoms with Crippen molar-refractivity contribution in [1.29, 1.82) is 0 Å². The van der Waals surface area contributed by atoms with Crippen LogP contribution in [0.15, 0.2) is 12.1 Å². The van der Waals surface area contributed by atoms with E-state index in [2.05, 4.69) is 36.2 Å². The third kappa shape index (κ3) is 3.22. The van der Waals surface area contributed by atoms with E-state index in [0.29, 0.717) is 0 Å². The second-order valence-corrected chi connectivity index (χ2v) is 5.34. The first-order valence-corrected chi connectivity index (χ1v) is 7.10. The van der Waals surface area contributed by atoms with Gasteiger partial charge in [0.2, 0.25) is 0 Å². The fraction of sp³-hybridized carbons (Fsp3) is 0.667. The Labute approximate surface area is 111 Å². The van der Waals surface area contributed by atoms with Gasteiger partial charge in [0.05, 0.1) is 0 Å². The number of pyridine rings is 1. The van der Waals surface area contributed by atoms with Crippen LogP contribution in [0.2, 0.25) is 0 Å². The minimum atomic E-state index is 0.889. The van der Waals surface area contributed by atoms with E-state index in [-0.39, 0.29) is 0 Å². The summed E-state index contributed by atoms with van der Waals surface area (Å²) in [5, 5.41) is 3.21. The highest BCUT2D eigenvalue weighted by Crippen LogP contribution is 2.28.